The molecule has 84 valence electrons. The quantitative estimate of drug-likeness (QED) is 0.918. The second-order valence-electron chi connectivity index (χ2n) is 4.49. The number of hydrogen-bond acceptors (Lipinski definition) is 1. The smallest absolute Gasteiger partial charge is 0.0486 e. The molecular formula is C13H15BrN2. The monoisotopic (exact) mass is 278 g/mol. The third-order valence-electron chi connectivity index (χ3n) is 3.23. The van der Waals surface area contributed by atoms with Gasteiger partial charge >= 0.3 is 0 Å². The summed E-state index contributed by atoms with van der Waals surface area (Å²) in [5, 5.41) is 1.35. The van der Waals surface area contributed by atoms with Crippen LogP contribution >= 0.6 is 15.9 Å². The molecule has 0 saturated heterocycles. The fraction of sp³-hybridized carbons (Fsp3) is 0.385. The highest BCUT2D eigenvalue weighted by atomic mass is 79.9. The molecular weight excluding hydrogens is 264 g/mol. The lowest BCUT2D eigenvalue weighted by molar-refractivity contribution is 0.770. The predicted molar refractivity (Wildman–Crippen MR) is 70.7 cm³/mol. The molecule has 1 fully saturated rings. The van der Waals surface area contributed by atoms with Crippen LogP contribution in [-0.2, 0) is 6.42 Å². The third-order valence-corrected chi connectivity index (χ3v) is 3.72. The summed E-state index contributed by atoms with van der Waals surface area (Å²) in [6.07, 6.45) is 5.90. The van der Waals surface area contributed by atoms with Gasteiger partial charge in [-0.1, -0.05) is 15.9 Å². The van der Waals surface area contributed by atoms with Crippen LogP contribution in [0.1, 0.15) is 24.4 Å². The summed E-state index contributed by atoms with van der Waals surface area (Å²) in [6, 6.07) is 7.26. The van der Waals surface area contributed by atoms with Crippen LogP contribution in [0.15, 0.2) is 28.9 Å². The van der Waals surface area contributed by atoms with E-state index in [2.05, 4.69) is 44.9 Å². The van der Waals surface area contributed by atoms with Crippen LogP contribution in [0.25, 0.3) is 10.9 Å². The molecule has 2 aromatic rings. The molecule has 0 unspecified atom stereocenters. The second-order valence-corrected chi connectivity index (χ2v) is 5.41. The molecule has 1 aliphatic carbocycles. The minimum Gasteiger partial charge on any atom is -0.344 e. The maximum Gasteiger partial charge on any atom is 0.0486 e. The number of aromatic nitrogens is 1. The largest absolute Gasteiger partial charge is 0.344 e. The van der Waals surface area contributed by atoms with Crippen molar-refractivity contribution in [3.8, 4) is 0 Å². The van der Waals surface area contributed by atoms with E-state index in [0.29, 0.717) is 0 Å². The van der Waals surface area contributed by atoms with Crippen LogP contribution in [-0.4, -0.2) is 11.1 Å². The zero-order valence-electron chi connectivity index (χ0n) is 9.12. The van der Waals surface area contributed by atoms with Gasteiger partial charge in [-0.15, -0.1) is 0 Å². The molecule has 1 aromatic heterocycles. The number of halogens is 1. The molecule has 0 atom stereocenters. The Bertz CT molecular complexity index is 526. The van der Waals surface area contributed by atoms with E-state index in [4.69, 9.17) is 5.73 Å². The zero-order valence-corrected chi connectivity index (χ0v) is 10.7. The Kier molecular flexibility index (Phi) is 2.52. The van der Waals surface area contributed by atoms with Crippen molar-refractivity contribution in [1.29, 1.82) is 0 Å². The van der Waals surface area contributed by atoms with Gasteiger partial charge in [-0.25, -0.2) is 0 Å². The Labute approximate surface area is 104 Å². The van der Waals surface area contributed by atoms with Gasteiger partial charge < -0.3 is 10.3 Å². The summed E-state index contributed by atoms with van der Waals surface area (Å²) in [4.78, 5) is 0. The first-order valence-corrected chi connectivity index (χ1v) is 6.58. The maximum absolute atomic E-state index is 5.67. The number of benzene rings is 1. The second kappa shape index (κ2) is 3.90. The van der Waals surface area contributed by atoms with Crippen LogP contribution in [0.3, 0.4) is 0 Å². The Balaban J connectivity index is 2.20. The van der Waals surface area contributed by atoms with Crippen molar-refractivity contribution in [1.82, 2.24) is 4.57 Å². The lowest BCUT2D eigenvalue weighted by Crippen LogP contribution is -2.02. The molecule has 1 heterocycles. The number of fused-ring (bicyclic) bond motifs is 1. The Morgan fingerprint density at radius 3 is 2.88 bits per heavy atom. The Hall–Kier alpha value is -0.800. The lowest BCUT2D eigenvalue weighted by Gasteiger charge is -2.01. The van der Waals surface area contributed by atoms with Gasteiger partial charge in [0.2, 0.25) is 0 Å². The van der Waals surface area contributed by atoms with Gasteiger partial charge in [0.15, 0.2) is 0 Å². The van der Waals surface area contributed by atoms with Crippen molar-refractivity contribution in [3.05, 3.63) is 34.4 Å². The molecule has 2 N–H and O–H groups in total. The highest BCUT2D eigenvalue weighted by Gasteiger charge is 2.25. The predicted octanol–water partition coefficient (Wildman–Crippen LogP) is 3.24. The highest BCUT2D eigenvalue weighted by Crippen LogP contribution is 2.39. The molecule has 2 nitrogen and oxygen atoms in total. The van der Waals surface area contributed by atoms with Crippen molar-refractivity contribution in [2.75, 3.05) is 6.54 Å². The zero-order chi connectivity index (χ0) is 11.1. The minimum absolute atomic E-state index is 0.719. The van der Waals surface area contributed by atoms with Crippen LogP contribution < -0.4 is 5.73 Å². The minimum atomic E-state index is 0.719. The molecule has 0 amide bonds. The molecule has 0 radical (unpaired) electrons. The van der Waals surface area contributed by atoms with Crippen LogP contribution in [0.4, 0.5) is 0 Å². The molecule has 1 aromatic carbocycles. The fourth-order valence-electron chi connectivity index (χ4n) is 2.31. The first-order valence-electron chi connectivity index (χ1n) is 5.78. The SMILES string of the molecule is NCCc1cn(C2CC2)c2ccc(Br)cc12. The standard InChI is InChI=1S/C13H15BrN2/c14-10-1-4-13-12(7-10)9(5-6-15)8-16(13)11-2-3-11/h1,4,7-8,11H,2-3,5-6,15H2. The molecule has 1 saturated carbocycles. The topological polar surface area (TPSA) is 30.9 Å². The van der Waals surface area contributed by atoms with Crippen molar-refractivity contribution in [2.45, 2.75) is 25.3 Å². The molecule has 0 spiro atoms. The summed E-state index contributed by atoms with van der Waals surface area (Å²) in [5.41, 5.74) is 8.41. The van der Waals surface area contributed by atoms with Crippen molar-refractivity contribution in [3.63, 3.8) is 0 Å². The Morgan fingerprint density at radius 2 is 2.19 bits per heavy atom. The van der Waals surface area contributed by atoms with E-state index in [0.717, 1.165) is 23.5 Å². The normalized spacial score (nSPS) is 15.9. The van der Waals surface area contributed by atoms with Gasteiger partial charge in [0.05, 0.1) is 0 Å². The molecule has 3 rings (SSSR count). The summed E-state index contributed by atoms with van der Waals surface area (Å²) in [6.45, 7) is 0.719. The van der Waals surface area contributed by atoms with E-state index in [9.17, 15) is 0 Å². The summed E-state index contributed by atoms with van der Waals surface area (Å²) in [5.74, 6) is 0. The van der Waals surface area contributed by atoms with Crippen LogP contribution in [0.5, 0.6) is 0 Å². The van der Waals surface area contributed by atoms with Crippen molar-refractivity contribution >= 4 is 26.8 Å². The fourth-order valence-corrected chi connectivity index (χ4v) is 2.67. The van der Waals surface area contributed by atoms with Gasteiger partial charge in [0, 0.05) is 27.6 Å². The maximum atomic E-state index is 5.67. The Morgan fingerprint density at radius 1 is 1.38 bits per heavy atom. The van der Waals surface area contributed by atoms with Gasteiger partial charge in [-0.05, 0) is 49.6 Å². The van der Waals surface area contributed by atoms with Crippen molar-refractivity contribution in [2.24, 2.45) is 5.73 Å². The number of hydrogen-bond donors (Lipinski definition) is 1. The molecule has 1 aliphatic rings. The number of rotatable bonds is 3. The van der Waals surface area contributed by atoms with Crippen LogP contribution in [0, 0.1) is 0 Å². The van der Waals surface area contributed by atoms with Gasteiger partial charge in [0.1, 0.15) is 0 Å². The van der Waals surface area contributed by atoms with E-state index in [1.807, 2.05) is 0 Å². The summed E-state index contributed by atoms with van der Waals surface area (Å²) < 4.78 is 3.57. The third kappa shape index (κ3) is 1.68. The molecule has 0 bridgehead atoms. The number of nitrogens with zero attached hydrogens (tertiary/aromatic N) is 1. The van der Waals surface area contributed by atoms with E-state index in [1.54, 1.807) is 0 Å². The average Bonchev–Trinajstić information content (AvgIpc) is 3.04. The molecule has 0 aliphatic heterocycles. The van der Waals surface area contributed by atoms with Crippen LogP contribution in [0.2, 0.25) is 0 Å². The average molecular weight is 279 g/mol. The van der Waals surface area contributed by atoms with E-state index < -0.39 is 0 Å². The molecule has 16 heavy (non-hydrogen) atoms. The van der Waals surface area contributed by atoms with Crippen molar-refractivity contribution < 1.29 is 0 Å². The van der Waals surface area contributed by atoms with Gasteiger partial charge in [-0.2, -0.15) is 0 Å². The summed E-state index contributed by atoms with van der Waals surface area (Å²) in [7, 11) is 0. The summed E-state index contributed by atoms with van der Waals surface area (Å²) >= 11 is 3.54. The lowest BCUT2D eigenvalue weighted by atomic mass is 10.1. The van der Waals surface area contributed by atoms with Gasteiger partial charge in [-0.3, -0.25) is 0 Å². The first-order chi connectivity index (χ1) is 7.79. The van der Waals surface area contributed by atoms with Gasteiger partial charge in [0.25, 0.3) is 0 Å². The van der Waals surface area contributed by atoms with E-state index in [-0.39, 0.29) is 0 Å². The van der Waals surface area contributed by atoms with E-state index >= 15 is 0 Å². The first kappa shape index (κ1) is 10.4. The highest BCUT2D eigenvalue weighted by molar-refractivity contribution is 9.10. The van der Waals surface area contributed by atoms with E-state index in [1.165, 1.54) is 29.3 Å². The molecule has 3 heteroatoms. The number of nitrogens with two attached hydrogens (primary N) is 1.